The lowest BCUT2D eigenvalue weighted by Gasteiger charge is -2.37. The average Bonchev–Trinajstić information content (AvgIpc) is 3.22. The van der Waals surface area contributed by atoms with E-state index < -0.39 is 0 Å². The van der Waals surface area contributed by atoms with E-state index in [2.05, 4.69) is 33.2 Å². The van der Waals surface area contributed by atoms with Crippen LogP contribution >= 0.6 is 11.8 Å². The summed E-state index contributed by atoms with van der Waals surface area (Å²) in [4.78, 5) is 30.4. The number of pyridine rings is 1. The van der Waals surface area contributed by atoms with Gasteiger partial charge in [0.25, 0.3) is 11.5 Å². The first-order valence-electron chi connectivity index (χ1n) is 15.1. The first-order chi connectivity index (χ1) is 20.3. The van der Waals surface area contributed by atoms with Crippen LogP contribution in [-0.4, -0.2) is 66.3 Å². The molecule has 1 amide bonds. The van der Waals surface area contributed by atoms with Gasteiger partial charge in [0.05, 0.1) is 38.0 Å². The topological polar surface area (TPSA) is 107 Å². The third kappa shape index (κ3) is 5.86. The van der Waals surface area contributed by atoms with Gasteiger partial charge in [-0.1, -0.05) is 0 Å². The van der Waals surface area contributed by atoms with Gasteiger partial charge in [0.1, 0.15) is 11.9 Å². The monoisotopic (exact) mass is 594 g/mol. The van der Waals surface area contributed by atoms with Crippen molar-refractivity contribution in [1.82, 2.24) is 20.2 Å². The van der Waals surface area contributed by atoms with Gasteiger partial charge in [-0.3, -0.25) is 9.59 Å². The summed E-state index contributed by atoms with van der Waals surface area (Å²) in [7, 11) is 0. The molecule has 226 valence electrons. The number of hydrogen-bond donors (Lipinski definition) is 3. The highest BCUT2D eigenvalue weighted by Crippen LogP contribution is 2.39. The Bertz CT molecular complexity index is 1500. The molecular weight excluding hydrogens is 552 g/mol. The number of carbonyl (C=O) groups excluding carboxylic acids is 1. The largest absolute Gasteiger partial charge is 0.486 e. The number of fused-ring (bicyclic) bond motifs is 1. The maximum atomic E-state index is 13.9. The summed E-state index contributed by atoms with van der Waals surface area (Å²) in [5.41, 5.74) is 3.83. The van der Waals surface area contributed by atoms with Crippen LogP contribution in [0.25, 0.3) is 10.9 Å². The third-order valence-electron chi connectivity index (χ3n) is 9.20. The second-order valence-corrected chi connectivity index (χ2v) is 12.9. The van der Waals surface area contributed by atoms with Crippen molar-refractivity contribution in [2.24, 2.45) is 5.92 Å². The number of nitrogens with one attached hydrogen (secondary N) is 3. The van der Waals surface area contributed by atoms with Crippen molar-refractivity contribution >= 4 is 28.6 Å². The van der Waals surface area contributed by atoms with Gasteiger partial charge >= 0.3 is 0 Å². The van der Waals surface area contributed by atoms with E-state index in [9.17, 15) is 9.59 Å². The molecule has 4 heterocycles. The normalized spacial score (nSPS) is 22.0. The van der Waals surface area contributed by atoms with Crippen molar-refractivity contribution in [1.29, 1.82) is 0 Å². The number of hydrogen-bond acceptors (Lipinski definition) is 7. The molecule has 3 N–H and O–H groups in total. The van der Waals surface area contributed by atoms with Gasteiger partial charge < -0.3 is 34.4 Å². The summed E-state index contributed by atoms with van der Waals surface area (Å²) >= 11 is 1.51. The molecule has 9 nitrogen and oxygen atoms in total. The fraction of sp³-hybridized carbons (Fsp3) is 0.562. The van der Waals surface area contributed by atoms with E-state index in [0.29, 0.717) is 42.3 Å². The molecule has 0 unspecified atom stereocenters. The van der Waals surface area contributed by atoms with E-state index in [1.54, 1.807) is 0 Å². The molecule has 42 heavy (non-hydrogen) atoms. The lowest BCUT2D eigenvalue weighted by Crippen LogP contribution is -2.51. The molecule has 1 aliphatic carbocycles. The molecule has 0 radical (unpaired) electrons. The quantitative estimate of drug-likeness (QED) is 0.297. The van der Waals surface area contributed by atoms with Crippen LogP contribution in [0.4, 0.5) is 0 Å². The van der Waals surface area contributed by atoms with Crippen molar-refractivity contribution < 1.29 is 19.0 Å². The maximum absolute atomic E-state index is 13.9. The van der Waals surface area contributed by atoms with Crippen molar-refractivity contribution in [3.05, 3.63) is 57.1 Å². The number of rotatable bonds is 10. The van der Waals surface area contributed by atoms with Crippen LogP contribution in [0.3, 0.4) is 0 Å². The molecule has 2 aliphatic heterocycles. The minimum atomic E-state index is -0.185. The molecule has 1 atom stereocenters. The Morgan fingerprint density at radius 1 is 1.10 bits per heavy atom. The van der Waals surface area contributed by atoms with Crippen LogP contribution < -0.4 is 20.9 Å². The molecule has 1 aromatic carbocycles. The number of aryl methyl sites for hydroxylation is 1. The number of amides is 1. The highest BCUT2D eigenvalue weighted by Gasteiger charge is 2.32. The first kappa shape index (κ1) is 29.3. The summed E-state index contributed by atoms with van der Waals surface area (Å²) < 4.78 is 19.1. The second kappa shape index (κ2) is 12.4. The van der Waals surface area contributed by atoms with Gasteiger partial charge in [-0.15, -0.1) is 11.8 Å². The third-order valence-corrected chi connectivity index (χ3v) is 10.0. The molecule has 3 fully saturated rings. The number of carbonyl (C=O) groups is 1. The first-order valence-corrected chi connectivity index (χ1v) is 16.3. The van der Waals surface area contributed by atoms with Crippen LogP contribution in [0.2, 0.25) is 0 Å². The standard InChI is InChI=1S/C32H42N4O5S/c1-18-11-29(42-4)27(31(37)34-18)13-33-32(38)30-20(3)36(28-10-9-24(12-26(28)30)41-25-16-40-17-25)19(2)21-5-7-22(8-6-21)35-23-14-39-15-23/h9-12,19,21-23,25,35H,5-8,13-17H2,1-4H3,(H,33,38)(H,34,37)/t19-,21?,22?/m1/s1. The zero-order valence-corrected chi connectivity index (χ0v) is 25.8. The fourth-order valence-corrected chi connectivity index (χ4v) is 7.42. The Kier molecular flexibility index (Phi) is 8.68. The van der Waals surface area contributed by atoms with E-state index in [4.69, 9.17) is 14.2 Å². The predicted molar refractivity (Wildman–Crippen MR) is 165 cm³/mol. The number of ether oxygens (including phenoxy) is 3. The molecule has 3 aliphatic rings. The van der Waals surface area contributed by atoms with E-state index in [-0.39, 0.29) is 30.2 Å². The summed E-state index contributed by atoms with van der Waals surface area (Å²) in [5, 5.41) is 7.70. The van der Waals surface area contributed by atoms with Gasteiger partial charge in [-0.2, -0.15) is 0 Å². The lowest BCUT2D eigenvalue weighted by atomic mass is 9.81. The highest BCUT2D eigenvalue weighted by molar-refractivity contribution is 7.98. The number of aromatic amines is 1. The van der Waals surface area contributed by atoms with Gasteiger partial charge in [0.15, 0.2) is 0 Å². The molecule has 0 spiro atoms. The number of thioether (sulfide) groups is 1. The lowest BCUT2D eigenvalue weighted by molar-refractivity contribution is -0.0796. The number of benzene rings is 1. The summed E-state index contributed by atoms with van der Waals surface area (Å²) in [5.74, 6) is 1.07. The predicted octanol–water partition coefficient (Wildman–Crippen LogP) is 4.48. The van der Waals surface area contributed by atoms with Gasteiger partial charge in [0, 0.05) is 51.4 Å². The van der Waals surface area contributed by atoms with E-state index >= 15 is 0 Å². The van der Waals surface area contributed by atoms with Crippen LogP contribution in [0, 0.1) is 19.8 Å². The summed E-state index contributed by atoms with van der Waals surface area (Å²) in [6.07, 6.45) is 6.57. The zero-order chi connectivity index (χ0) is 29.4. The minimum absolute atomic E-state index is 0.0374. The Hall–Kier alpha value is -2.79. The Morgan fingerprint density at radius 3 is 2.48 bits per heavy atom. The Morgan fingerprint density at radius 2 is 1.83 bits per heavy atom. The van der Waals surface area contributed by atoms with Gasteiger partial charge in [-0.05, 0) is 82.9 Å². The van der Waals surface area contributed by atoms with Crippen molar-refractivity contribution in [2.45, 2.75) is 82.1 Å². The number of H-pyrrole nitrogens is 1. The van der Waals surface area contributed by atoms with Gasteiger partial charge in [0.2, 0.25) is 0 Å². The molecule has 0 bridgehead atoms. The summed E-state index contributed by atoms with van der Waals surface area (Å²) in [6, 6.07) is 9.32. The average molecular weight is 595 g/mol. The van der Waals surface area contributed by atoms with Crippen LogP contribution in [0.1, 0.15) is 66.0 Å². The smallest absolute Gasteiger partial charge is 0.254 e. The van der Waals surface area contributed by atoms with Crippen molar-refractivity contribution in [3.63, 3.8) is 0 Å². The number of aromatic nitrogens is 2. The van der Waals surface area contributed by atoms with Crippen LogP contribution in [0.15, 0.2) is 34.0 Å². The Labute approximate surface area is 251 Å². The molecule has 10 heteroatoms. The van der Waals surface area contributed by atoms with E-state index in [1.807, 2.05) is 38.3 Å². The van der Waals surface area contributed by atoms with Crippen molar-refractivity contribution in [3.8, 4) is 5.75 Å². The molecule has 2 saturated heterocycles. The molecular formula is C32H42N4O5S. The second-order valence-electron chi connectivity index (χ2n) is 12.1. The van der Waals surface area contributed by atoms with E-state index in [1.165, 1.54) is 11.8 Å². The fourth-order valence-electron chi connectivity index (χ4n) is 6.72. The number of nitrogens with zero attached hydrogens (tertiary/aromatic N) is 1. The zero-order valence-electron chi connectivity index (χ0n) is 25.0. The Balaban J connectivity index is 1.28. The molecule has 1 saturated carbocycles. The van der Waals surface area contributed by atoms with Crippen LogP contribution in [0.5, 0.6) is 5.75 Å². The molecule has 3 aromatic rings. The van der Waals surface area contributed by atoms with Gasteiger partial charge in [-0.25, -0.2) is 0 Å². The summed E-state index contributed by atoms with van der Waals surface area (Å²) in [6.45, 7) is 9.17. The van der Waals surface area contributed by atoms with E-state index in [0.717, 1.165) is 71.8 Å². The minimum Gasteiger partial charge on any atom is -0.486 e. The SMILES string of the molecule is CSc1cc(C)[nH]c(=O)c1CNC(=O)c1c(C)n([C@H](C)C2CCC(NC3COC3)CC2)c2ccc(OC3COC3)cc12. The van der Waals surface area contributed by atoms with Crippen LogP contribution in [-0.2, 0) is 16.0 Å². The molecule has 2 aromatic heterocycles. The molecule has 6 rings (SSSR count). The highest BCUT2D eigenvalue weighted by atomic mass is 32.2. The maximum Gasteiger partial charge on any atom is 0.254 e. The van der Waals surface area contributed by atoms with Crippen molar-refractivity contribution in [2.75, 3.05) is 32.7 Å².